The lowest BCUT2D eigenvalue weighted by Crippen LogP contribution is -2.41. The summed E-state index contributed by atoms with van der Waals surface area (Å²) in [6.07, 6.45) is 2.49. The Balaban J connectivity index is 1.80. The van der Waals surface area contributed by atoms with Gasteiger partial charge in [0.25, 0.3) is 0 Å². The molecule has 0 saturated heterocycles. The third kappa shape index (κ3) is 3.18. The number of likely N-dealkylation sites (N-methyl/N-ethyl adjacent to an activating group) is 1. The smallest absolute Gasteiger partial charge is 0.326 e. The monoisotopic (exact) mass is 275 g/mol. The zero-order chi connectivity index (χ0) is 14.7. The van der Waals surface area contributed by atoms with Crippen molar-refractivity contribution < 1.29 is 14.7 Å². The van der Waals surface area contributed by atoms with Crippen LogP contribution < -0.4 is 0 Å². The molecule has 1 N–H and O–H groups in total. The predicted molar refractivity (Wildman–Crippen MR) is 76.4 cm³/mol. The summed E-state index contributed by atoms with van der Waals surface area (Å²) in [5.41, 5.74) is 1.34. The van der Waals surface area contributed by atoms with Gasteiger partial charge in [-0.15, -0.1) is 0 Å². The van der Waals surface area contributed by atoms with Crippen LogP contribution in [0.4, 0.5) is 0 Å². The van der Waals surface area contributed by atoms with Crippen LogP contribution in [0, 0.1) is 5.92 Å². The molecule has 2 rings (SSSR count). The SMILES string of the molecule is CC(C(=O)O)N(C)C(=O)CC1CC(c2ccccc2)C1. The maximum atomic E-state index is 12.0. The number of benzene rings is 1. The summed E-state index contributed by atoms with van der Waals surface area (Å²) in [5.74, 6) is -0.0969. The largest absolute Gasteiger partial charge is 0.480 e. The molecule has 0 aliphatic heterocycles. The number of carboxylic acid groups (broad SMARTS) is 1. The average Bonchev–Trinajstić information content (AvgIpc) is 2.41. The van der Waals surface area contributed by atoms with Gasteiger partial charge in [-0.3, -0.25) is 4.79 Å². The Labute approximate surface area is 119 Å². The van der Waals surface area contributed by atoms with Crippen LogP contribution in [-0.2, 0) is 9.59 Å². The number of carboxylic acids is 1. The Kier molecular flexibility index (Phi) is 4.42. The summed E-state index contributed by atoms with van der Waals surface area (Å²) in [5, 5.41) is 8.90. The maximum absolute atomic E-state index is 12.0. The molecule has 0 heterocycles. The van der Waals surface area contributed by atoms with Gasteiger partial charge in [-0.05, 0) is 37.2 Å². The van der Waals surface area contributed by atoms with E-state index in [0.717, 1.165) is 12.8 Å². The van der Waals surface area contributed by atoms with Gasteiger partial charge in [0.1, 0.15) is 6.04 Å². The molecular formula is C16H21NO3. The molecule has 108 valence electrons. The second-order valence-corrected chi connectivity index (χ2v) is 5.67. The minimum atomic E-state index is -0.961. The summed E-state index contributed by atoms with van der Waals surface area (Å²) in [4.78, 5) is 24.2. The first-order valence-corrected chi connectivity index (χ1v) is 7.02. The minimum Gasteiger partial charge on any atom is -0.480 e. The molecule has 1 aliphatic rings. The quantitative estimate of drug-likeness (QED) is 0.898. The van der Waals surface area contributed by atoms with Crippen molar-refractivity contribution in [2.75, 3.05) is 7.05 Å². The van der Waals surface area contributed by atoms with E-state index in [4.69, 9.17) is 5.11 Å². The normalized spacial score (nSPS) is 22.7. The predicted octanol–water partition coefficient (Wildman–Crippen LogP) is 2.50. The van der Waals surface area contributed by atoms with Crippen LogP contribution in [0.3, 0.4) is 0 Å². The van der Waals surface area contributed by atoms with Crippen LogP contribution in [-0.4, -0.2) is 35.0 Å². The van der Waals surface area contributed by atoms with Gasteiger partial charge < -0.3 is 10.0 Å². The Morgan fingerprint density at radius 1 is 1.30 bits per heavy atom. The van der Waals surface area contributed by atoms with Gasteiger partial charge in [0, 0.05) is 13.5 Å². The molecule has 1 fully saturated rings. The third-order valence-corrected chi connectivity index (χ3v) is 4.30. The standard InChI is InChI=1S/C16H21NO3/c1-11(16(19)20)17(2)15(18)10-12-8-14(9-12)13-6-4-3-5-7-13/h3-7,11-12,14H,8-10H2,1-2H3,(H,19,20). The zero-order valence-electron chi connectivity index (χ0n) is 12.0. The Bertz CT molecular complexity index is 480. The second kappa shape index (κ2) is 6.07. The lowest BCUT2D eigenvalue weighted by molar-refractivity contribution is -0.148. The summed E-state index contributed by atoms with van der Waals surface area (Å²) < 4.78 is 0. The van der Waals surface area contributed by atoms with Crippen molar-refractivity contribution in [2.24, 2.45) is 5.92 Å². The first kappa shape index (κ1) is 14.6. The molecule has 1 saturated carbocycles. The van der Waals surface area contributed by atoms with Gasteiger partial charge in [0.15, 0.2) is 0 Å². The number of hydrogen-bond donors (Lipinski definition) is 1. The molecule has 0 aromatic heterocycles. The third-order valence-electron chi connectivity index (χ3n) is 4.30. The van der Waals surface area contributed by atoms with Gasteiger partial charge in [-0.2, -0.15) is 0 Å². The highest BCUT2D eigenvalue weighted by Gasteiger charge is 2.33. The van der Waals surface area contributed by atoms with Crippen molar-refractivity contribution in [3.63, 3.8) is 0 Å². The van der Waals surface area contributed by atoms with Crippen LogP contribution >= 0.6 is 0 Å². The molecule has 20 heavy (non-hydrogen) atoms. The van der Waals surface area contributed by atoms with Gasteiger partial charge in [-0.25, -0.2) is 4.79 Å². The van der Waals surface area contributed by atoms with Crippen LogP contribution in [0.15, 0.2) is 30.3 Å². The number of carbonyl (C=O) groups excluding carboxylic acids is 1. The van der Waals surface area contributed by atoms with Crippen molar-refractivity contribution in [2.45, 2.75) is 38.1 Å². The van der Waals surface area contributed by atoms with Gasteiger partial charge >= 0.3 is 5.97 Å². The van der Waals surface area contributed by atoms with E-state index < -0.39 is 12.0 Å². The molecule has 0 radical (unpaired) electrons. The highest BCUT2D eigenvalue weighted by Crippen LogP contribution is 2.43. The van der Waals surface area contributed by atoms with Gasteiger partial charge in [0.2, 0.25) is 5.91 Å². The van der Waals surface area contributed by atoms with E-state index in [2.05, 4.69) is 12.1 Å². The van der Waals surface area contributed by atoms with Crippen molar-refractivity contribution in [1.82, 2.24) is 4.90 Å². The summed E-state index contributed by atoms with van der Waals surface area (Å²) in [6, 6.07) is 9.58. The van der Waals surface area contributed by atoms with E-state index >= 15 is 0 Å². The lowest BCUT2D eigenvalue weighted by Gasteiger charge is -2.36. The lowest BCUT2D eigenvalue weighted by atomic mass is 9.70. The molecule has 0 spiro atoms. The summed E-state index contributed by atoms with van der Waals surface area (Å²) in [7, 11) is 1.56. The topological polar surface area (TPSA) is 57.6 Å². The van der Waals surface area contributed by atoms with E-state index in [1.807, 2.05) is 18.2 Å². The van der Waals surface area contributed by atoms with Crippen molar-refractivity contribution >= 4 is 11.9 Å². The number of nitrogens with zero attached hydrogens (tertiary/aromatic N) is 1. The van der Waals surface area contributed by atoms with E-state index in [1.54, 1.807) is 7.05 Å². The molecule has 4 heteroatoms. The average molecular weight is 275 g/mol. The summed E-state index contributed by atoms with van der Waals surface area (Å²) >= 11 is 0. The van der Waals surface area contributed by atoms with Crippen molar-refractivity contribution in [3.8, 4) is 0 Å². The van der Waals surface area contributed by atoms with Crippen LogP contribution in [0.5, 0.6) is 0 Å². The number of rotatable bonds is 5. The maximum Gasteiger partial charge on any atom is 0.326 e. The first-order chi connectivity index (χ1) is 9.49. The Morgan fingerprint density at radius 2 is 1.90 bits per heavy atom. The molecule has 1 aromatic carbocycles. The number of amides is 1. The second-order valence-electron chi connectivity index (χ2n) is 5.67. The number of aliphatic carboxylic acids is 1. The molecule has 4 nitrogen and oxygen atoms in total. The van der Waals surface area contributed by atoms with E-state index in [1.165, 1.54) is 17.4 Å². The van der Waals surface area contributed by atoms with Crippen LogP contribution in [0.1, 0.15) is 37.7 Å². The first-order valence-electron chi connectivity index (χ1n) is 7.02. The van der Waals surface area contributed by atoms with E-state index in [-0.39, 0.29) is 5.91 Å². The number of hydrogen-bond acceptors (Lipinski definition) is 2. The highest BCUT2D eigenvalue weighted by atomic mass is 16.4. The molecular weight excluding hydrogens is 254 g/mol. The minimum absolute atomic E-state index is 0.0728. The van der Waals surface area contributed by atoms with Crippen molar-refractivity contribution in [1.29, 1.82) is 0 Å². The van der Waals surface area contributed by atoms with E-state index in [0.29, 0.717) is 18.3 Å². The van der Waals surface area contributed by atoms with Crippen molar-refractivity contribution in [3.05, 3.63) is 35.9 Å². The molecule has 1 aromatic rings. The van der Waals surface area contributed by atoms with Crippen LogP contribution in [0.2, 0.25) is 0 Å². The fraction of sp³-hybridized carbons (Fsp3) is 0.500. The molecule has 1 aliphatic carbocycles. The fourth-order valence-corrected chi connectivity index (χ4v) is 2.67. The van der Waals surface area contributed by atoms with Gasteiger partial charge in [0.05, 0.1) is 0 Å². The zero-order valence-corrected chi connectivity index (χ0v) is 12.0. The molecule has 1 amide bonds. The Hall–Kier alpha value is -1.84. The van der Waals surface area contributed by atoms with Crippen LogP contribution in [0.25, 0.3) is 0 Å². The molecule has 1 unspecified atom stereocenters. The fourth-order valence-electron chi connectivity index (χ4n) is 2.67. The summed E-state index contributed by atoms with van der Waals surface area (Å²) in [6.45, 7) is 1.54. The molecule has 1 atom stereocenters. The van der Waals surface area contributed by atoms with Gasteiger partial charge in [-0.1, -0.05) is 30.3 Å². The molecule has 0 bridgehead atoms. The highest BCUT2D eigenvalue weighted by molar-refractivity contribution is 5.83. The van der Waals surface area contributed by atoms with E-state index in [9.17, 15) is 9.59 Å². The number of carbonyl (C=O) groups is 2. The Morgan fingerprint density at radius 3 is 2.45 bits per heavy atom.